The summed E-state index contributed by atoms with van der Waals surface area (Å²) >= 11 is 0. The lowest BCUT2D eigenvalue weighted by Gasteiger charge is -2.20. The summed E-state index contributed by atoms with van der Waals surface area (Å²) in [6, 6.07) is 7.88. The highest BCUT2D eigenvalue weighted by atomic mass is 16.3. The molecule has 1 heterocycles. The molecule has 0 saturated heterocycles. The summed E-state index contributed by atoms with van der Waals surface area (Å²) in [6.07, 6.45) is 5.09. The van der Waals surface area contributed by atoms with E-state index in [-0.39, 0.29) is 5.91 Å². The average Bonchev–Trinajstić information content (AvgIpc) is 3.03. The molecule has 1 aromatic heterocycles. The van der Waals surface area contributed by atoms with Crippen molar-refractivity contribution in [1.29, 1.82) is 0 Å². The van der Waals surface area contributed by atoms with Gasteiger partial charge in [0, 0.05) is 25.4 Å². The maximum absolute atomic E-state index is 13.1. The molecule has 0 aliphatic rings. The van der Waals surface area contributed by atoms with Gasteiger partial charge in [-0.05, 0) is 45.0 Å². The van der Waals surface area contributed by atoms with E-state index in [0.29, 0.717) is 0 Å². The fraction of sp³-hybridized carbons (Fsp3) is 0.591. The van der Waals surface area contributed by atoms with E-state index in [9.17, 15) is 4.79 Å². The van der Waals surface area contributed by atoms with Crippen molar-refractivity contribution in [3.63, 3.8) is 0 Å². The van der Waals surface area contributed by atoms with Crippen molar-refractivity contribution in [3.05, 3.63) is 35.6 Å². The van der Waals surface area contributed by atoms with Crippen LogP contribution in [0.15, 0.2) is 28.7 Å². The van der Waals surface area contributed by atoms with Crippen molar-refractivity contribution in [3.8, 4) is 0 Å². The zero-order valence-corrected chi connectivity index (χ0v) is 16.9. The first-order chi connectivity index (χ1) is 12.6. The van der Waals surface area contributed by atoms with Crippen LogP contribution in [-0.4, -0.2) is 48.9 Å². The van der Waals surface area contributed by atoms with Crippen molar-refractivity contribution in [2.45, 2.75) is 52.9 Å². The van der Waals surface area contributed by atoms with E-state index >= 15 is 0 Å². The zero-order valence-electron chi connectivity index (χ0n) is 16.9. The fourth-order valence-corrected chi connectivity index (χ4v) is 3.36. The van der Waals surface area contributed by atoms with Crippen LogP contribution in [0, 0.1) is 0 Å². The number of benzene rings is 1. The number of carbonyl (C=O) groups excluding carboxylic acids is 1. The third-order valence-corrected chi connectivity index (χ3v) is 5.10. The van der Waals surface area contributed by atoms with Crippen molar-refractivity contribution in [2.75, 3.05) is 33.2 Å². The lowest BCUT2D eigenvalue weighted by atomic mass is 10.1. The maximum Gasteiger partial charge on any atom is 0.257 e. The second-order valence-electron chi connectivity index (χ2n) is 6.96. The number of hydrogen-bond donors (Lipinski definition) is 0. The van der Waals surface area contributed by atoms with Crippen LogP contribution in [0.5, 0.6) is 0 Å². The van der Waals surface area contributed by atoms with Gasteiger partial charge in [0.05, 0.1) is 5.56 Å². The topological polar surface area (TPSA) is 36.7 Å². The Balaban J connectivity index is 2.05. The predicted molar refractivity (Wildman–Crippen MR) is 109 cm³/mol. The molecular weight excluding hydrogens is 324 g/mol. The number of carbonyl (C=O) groups is 1. The van der Waals surface area contributed by atoms with E-state index in [1.807, 2.05) is 36.2 Å². The Morgan fingerprint density at radius 1 is 1.00 bits per heavy atom. The van der Waals surface area contributed by atoms with Gasteiger partial charge < -0.3 is 14.2 Å². The third-order valence-electron chi connectivity index (χ3n) is 5.10. The highest BCUT2D eigenvalue weighted by molar-refractivity contribution is 6.07. The Hall–Kier alpha value is -1.81. The molecule has 144 valence electrons. The van der Waals surface area contributed by atoms with Crippen LogP contribution in [0.2, 0.25) is 0 Å². The number of nitrogens with zero attached hydrogens (tertiary/aromatic N) is 2. The van der Waals surface area contributed by atoms with E-state index < -0.39 is 0 Å². The first kappa shape index (κ1) is 20.5. The molecule has 0 atom stereocenters. The summed E-state index contributed by atoms with van der Waals surface area (Å²) in [4.78, 5) is 17.4. The summed E-state index contributed by atoms with van der Waals surface area (Å²) in [7, 11) is 1.91. The first-order valence-electron chi connectivity index (χ1n) is 10.1. The highest BCUT2D eigenvalue weighted by Gasteiger charge is 2.22. The molecule has 1 aromatic carbocycles. The molecule has 0 unspecified atom stereocenters. The van der Waals surface area contributed by atoms with Gasteiger partial charge >= 0.3 is 0 Å². The van der Waals surface area contributed by atoms with Gasteiger partial charge in [0.15, 0.2) is 0 Å². The number of aryl methyl sites for hydroxylation is 1. The van der Waals surface area contributed by atoms with E-state index in [0.717, 1.165) is 80.6 Å². The summed E-state index contributed by atoms with van der Waals surface area (Å²) in [6.45, 7) is 10.6. The minimum atomic E-state index is 0.0869. The van der Waals surface area contributed by atoms with Crippen LogP contribution >= 0.6 is 0 Å². The number of para-hydroxylation sites is 1. The number of rotatable bonds is 11. The van der Waals surface area contributed by atoms with Crippen molar-refractivity contribution in [1.82, 2.24) is 9.80 Å². The number of amides is 1. The molecule has 0 aliphatic heterocycles. The minimum absolute atomic E-state index is 0.0869. The van der Waals surface area contributed by atoms with Crippen molar-refractivity contribution < 1.29 is 9.21 Å². The van der Waals surface area contributed by atoms with Crippen LogP contribution in [-0.2, 0) is 6.42 Å². The van der Waals surface area contributed by atoms with Gasteiger partial charge in [-0.2, -0.15) is 0 Å². The zero-order chi connectivity index (χ0) is 18.9. The molecule has 0 saturated carbocycles. The molecule has 26 heavy (non-hydrogen) atoms. The Kier molecular flexibility index (Phi) is 8.17. The SMILES string of the molecule is CCCCc1oc2ccccc2c1C(=O)N(C)CCCCN(CC)CC. The van der Waals surface area contributed by atoms with Crippen molar-refractivity contribution >= 4 is 16.9 Å². The molecule has 4 heteroatoms. The molecule has 2 aromatic rings. The van der Waals surface area contributed by atoms with E-state index in [1.54, 1.807) is 0 Å². The second kappa shape index (κ2) is 10.4. The molecule has 0 N–H and O–H groups in total. The molecule has 0 bridgehead atoms. The summed E-state index contributed by atoms with van der Waals surface area (Å²) in [5, 5.41) is 0.943. The Morgan fingerprint density at radius 2 is 1.69 bits per heavy atom. The molecule has 1 amide bonds. The van der Waals surface area contributed by atoms with Gasteiger partial charge in [-0.15, -0.1) is 0 Å². The molecule has 0 fully saturated rings. The quantitative estimate of drug-likeness (QED) is 0.532. The average molecular weight is 359 g/mol. The van der Waals surface area contributed by atoms with Gasteiger partial charge in [-0.1, -0.05) is 45.4 Å². The van der Waals surface area contributed by atoms with Gasteiger partial charge in [0.1, 0.15) is 11.3 Å². The molecule has 2 rings (SSSR count). The van der Waals surface area contributed by atoms with Crippen LogP contribution < -0.4 is 0 Å². The van der Waals surface area contributed by atoms with Crippen LogP contribution in [0.1, 0.15) is 62.6 Å². The van der Waals surface area contributed by atoms with Gasteiger partial charge in [0.25, 0.3) is 5.91 Å². The lowest BCUT2D eigenvalue weighted by molar-refractivity contribution is 0.0791. The molecule has 0 aliphatic carbocycles. The van der Waals surface area contributed by atoms with E-state index in [2.05, 4.69) is 25.7 Å². The predicted octanol–water partition coefficient (Wildman–Crippen LogP) is 4.97. The second-order valence-corrected chi connectivity index (χ2v) is 6.96. The van der Waals surface area contributed by atoms with E-state index in [4.69, 9.17) is 4.42 Å². The number of unbranched alkanes of at least 4 members (excludes halogenated alkanes) is 2. The number of fused-ring (bicyclic) bond motifs is 1. The van der Waals surface area contributed by atoms with E-state index in [1.165, 1.54) is 0 Å². The maximum atomic E-state index is 13.1. The molecule has 0 spiro atoms. The van der Waals surface area contributed by atoms with Crippen molar-refractivity contribution in [2.24, 2.45) is 0 Å². The molecular formula is C22H34N2O2. The summed E-state index contributed by atoms with van der Waals surface area (Å²) < 4.78 is 6.00. The van der Waals surface area contributed by atoms with Crippen LogP contribution in [0.25, 0.3) is 11.0 Å². The fourth-order valence-electron chi connectivity index (χ4n) is 3.36. The standard InChI is InChI=1S/C22H34N2O2/c1-5-8-14-20-21(18-13-9-10-15-19(18)26-20)22(25)23(4)16-11-12-17-24(6-2)7-3/h9-10,13,15H,5-8,11-12,14,16-17H2,1-4H3. The first-order valence-corrected chi connectivity index (χ1v) is 10.1. The number of furan rings is 1. The highest BCUT2D eigenvalue weighted by Crippen LogP contribution is 2.28. The lowest BCUT2D eigenvalue weighted by Crippen LogP contribution is -2.29. The Bertz CT molecular complexity index is 689. The largest absolute Gasteiger partial charge is 0.460 e. The molecule has 0 radical (unpaired) electrons. The van der Waals surface area contributed by atoms with Gasteiger partial charge in [-0.3, -0.25) is 4.79 Å². The summed E-state index contributed by atoms with van der Waals surface area (Å²) in [5.74, 6) is 0.928. The Labute approximate surface area is 158 Å². The summed E-state index contributed by atoms with van der Waals surface area (Å²) in [5.41, 5.74) is 1.58. The third kappa shape index (κ3) is 5.10. The Morgan fingerprint density at radius 3 is 2.38 bits per heavy atom. The minimum Gasteiger partial charge on any atom is -0.460 e. The van der Waals surface area contributed by atoms with Crippen LogP contribution in [0.3, 0.4) is 0 Å². The van der Waals surface area contributed by atoms with Gasteiger partial charge in [-0.25, -0.2) is 0 Å². The normalized spacial score (nSPS) is 11.4. The smallest absolute Gasteiger partial charge is 0.257 e. The van der Waals surface area contributed by atoms with Crippen LogP contribution in [0.4, 0.5) is 0 Å². The van der Waals surface area contributed by atoms with Gasteiger partial charge in [0.2, 0.25) is 0 Å². The molecule has 4 nitrogen and oxygen atoms in total. The number of hydrogen-bond acceptors (Lipinski definition) is 3. The monoisotopic (exact) mass is 358 g/mol.